The van der Waals surface area contributed by atoms with Crippen molar-refractivity contribution in [2.45, 2.75) is 13.3 Å². The van der Waals surface area contributed by atoms with Crippen LogP contribution in [-0.2, 0) is 11.2 Å². The lowest BCUT2D eigenvalue weighted by Crippen LogP contribution is -2.18. The number of hydrogen-bond donors (Lipinski definition) is 3. The van der Waals surface area contributed by atoms with Gasteiger partial charge in [-0.15, -0.1) is 11.3 Å². The summed E-state index contributed by atoms with van der Waals surface area (Å²) in [4.78, 5) is 29.5. The third-order valence-corrected chi connectivity index (χ3v) is 3.60. The highest BCUT2D eigenvalue weighted by Gasteiger charge is 2.05. The van der Waals surface area contributed by atoms with Gasteiger partial charge < -0.3 is 10.4 Å². The van der Waals surface area contributed by atoms with E-state index in [1.165, 1.54) is 24.6 Å². The van der Waals surface area contributed by atoms with Crippen LogP contribution in [0.3, 0.4) is 0 Å². The van der Waals surface area contributed by atoms with E-state index in [9.17, 15) is 9.59 Å². The summed E-state index contributed by atoms with van der Waals surface area (Å²) in [6, 6.07) is 7.88. The molecule has 1 aromatic heterocycles. The Morgan fingerprint density at radius 3 is 2.74 bits per heavy atom. The van der Waals surface area contributed by atoms with Gasteiger partial charge in [0, 0.05) is 24.4 Å². The molecule has 0 aliphatic heterocycles. The van der Waals surface area contributed by atoms with Gasteiger partial charge in [-0.25, -0.2) is 9.78 Å². The van der Waals surface area contributed by atoms with Crippen molar-refractivity contribution in [3.63, 3.8) is 0 Å². The van der Waals surface area contributed by atoms with Crippen molar-refractivity contribution < 1.29 is 14.7 Å². The second-order valence-corrected chi connectivity index (χ2v) is 5.51. The molecule has 2 amide bonds. The van der Waals surface area contributed by atoms with E-state index in [4.69, 9.17) is 5.11 Å². The summed E-state index contributed by atoms with van der Waals surface area (Å²) in [7, 11) is 0. The van der Waals surface area contributed by atoms with E-state index in [2.05, 4.69) is 20.6 Å². The zero-order valence-electron chi connectivity index (χ0n) is 12.4. The number of rotatable bonds is 6. The van der Waals surface area contributed by atoms with Gasteiger partial charge in [-0.1, -0.05) is 24.3 Å². The lowest BCUT2D eigenvalue weighted by Gasteiger charge is -2.01. The second kappa shape index (κ2) is 8.04. The van der Waals surface area contributed by atoms with Crippen LogP contribution in [0, 0.1) is 0 Å². The van der Waals surface area contributed by atoms with Crippen LogP contribution in [0.15, 0.2) is 34.6 Å². The van der Waals surface area contributed by atoms with E-state index >= 15 is 0 Å². The van der Waals surface area contributed by atoms with Gasteiger partial charge in [0.05, 0.1) is 12.0 Å². The lowest BCUT2D eigenvalue weighted by atomic mass is 10.1. The Bertz CT molecular complexity index is 710. The maximum absolute atomic E-state index is 11.0. The Kier molecular flexibility index (Phi) is 5.81. The summed E-state index contributed by atoms with van der Waals surface area (Å²) in [5.41, 5.74) is 2.88. The van der Waals surface area contributed by atoms with Crippen LogP contribution in [0.2, 0.25) is 0 Å². The first-order valence-corrected chi connectivity index (χ1v) is 7.73. The Hall–Kier alpha value is -2.74. The van der Waals surface area contributed by atoms with Gasteiger partial charge in [0.2, 0.25) is 5.91 Å². The van der Waals surface area contributed by atoms with Crippen molar-refractivity contribution in [1.82, 2.24) is 10.3 Å². The second-order valence-electron chi connectivity index (χ2n) is 4.65. The van der Waals surface area contributed by atoms with Crippen LogP contribution in [0.5, 0.6) is 0 Å². The topological polar surface area (TPSA) is 104 Å². The first-order chi connectivity index (χ1) is 11.0. The van der Waals surface area contributed by atoms with Crippen molar-refractivity contribution in [3.8, 4) is 11.3 Å². The van der Waals surface area contributed by atoms with Crippen molar-refractivity contribution in [2.24, 2.45) is 4.99 Å². The molecule has 0 spiro atoms. The van der Waals surface area contributed by atoms with Crippen LogP contribution >= 0.6 is 11.3 Å². The molecule has 0 fully saturated rings. The van der Waals surface area contributed by atoms with Crippen molar-refractivity contribution >= 4 is 34.8 Å². The third-order valence-electron chi connectivity index (χ3n) is 2.85. The number of aromatic nitrogens is 1. The predicted molar refractivity (Wildman–Crippen MR) is 90.1 cm³/mol. The van der Waals surface area contributed by atoms with Gasteiger partial charge in [0.15, 0.2) is 5.13 Å². The molecule has 0 bridgehead atoms. The lowest BCUT2D eigenvalue weighted by molar-refractivity contribution is -0.114. The number of carboxylic acid groups (broad SMARTS) is 1. The van der Waals surface area contributed by atoms with Gasteiger partial charge in [0.25, 0.3) is 0 Å². The average Bonchev–Trinajstić information content (AvgIpc) is 2.95. The summed E-state index contributed by atoms with van der Waals surface area (Å²) in [5.74, 6) is -0.140. The number of benzene rings is 1. The van der Waals surface area contributed by atoms with E-state index in [1.807, 2.05) is 29.6 Å². The van der Waals surface area contributed by atoms with Gasteiger partial charge in [-0.2, -0.15) is 0 Å². The molecule has 0 saturated heterocycles. The first-order valence-electron chi connectivity index (χ1n) is 6.85. The number of aliphatic imine (C=N–C) groups is 1. The third kappa shape index (κ3) is 5.51. The van der Waals surface area contributed by atoms with Crippen LogP contribution < -0.4 is 10.6 Å². The summed E-state index contributed by atoms with van der Waals surface area (Å²) < 4.78 is 0. The van der Waals surface area contributed by atoms with Crippen LogP contribution in [0.1, 0.15) is 12.5 Å². The molecular weight excluding hydrogens is 316 g/mol. The van der Waals surface area contributed by atoms with Crippen molar-refractivity contribution in [1.29, 1.82) is 0 Å². The summed E-state index contributed by atoms with van der Waals surface area (Å²) in [6.07, 6.45) is 0.766. The number of anilines is 1. The highest BCUT2D eigenvalue weighted by Crippen LogP contribution is 2.25. The minimum atomic E-state index is -1.13. The molecule has 7 nitrogen and oxygen atoms in total. The molecule has 120 valence electrons. The van der Waals surface area contributed by atoms with Crippen LogP contribution in [0.4, 0.5) is 9.93 Å². The zero-order valence-corrected chi connectivity index (χ0v) is 13.3. The molecule has 8 heteroatoms. The minimum Gasteiger partial charge on any atom is -0.465 e. The number of carbonyl (C=O) groups excluding carboxylic acids is 1. The SMILES string of the molecule is CC(=O)Nc1nc(-c2ccc(CCN=CNC(=O)O)cc2)cs1. The zero-order chi connectivity index (χ0) is 16.7. The summed E-state index contributed by atoms with van der Waals surface area (Å²) >= 11 is 1.38. The van der Waals surface area contributed by atoms with Crippen LogP contribution in [0.25, 0.3) is 11.3 Å². The average molecular weight is 332 g/mol. The number of amides is 2. The van der Waals surface area contributed by atoms with Gasteiger partial charge >= 0.3 is 6.09 Å². The fraction of sp³-hybridized carbons (Fsp3) is 0.200. The molecule has 0 atom stereocenters. The molecule has 0 saturated carbocycles. The highest BCUT2D eigenvalue weighted by molar-refractivity contribution is 7.14. The molecule has 23 heavy (non-hydrogen) atoms. The molecule has 0 aliphatic carbocycles. The molecule has 2 rings (SSSR count). The van der Waals surface area contributed by atoms with E-state index in [-0.39, 0.29) is 5.91 Å². The first kappa shape index (κ1) is 16.6. The maximum Gasteiger partial charge on any atom is 0.409 e. The monoisotopic (exact) mass is 332 g/mol. The van der Waals surface area contributed by atoms with Gasteiger partial charge in [-0.05, 0) is 12.0 Å². The van der Waals surface area contributed by atoms with E-state index in [0.29, 0.717) is 18.1 Å². The van der Waals surface area contributed by atoms with E-state index in [1.54, 1.807) is 0 Å². The largest absolute Gasteiger partial charge is 0.465 e. The molecule has 0 aliphatic rings. The molecular formula is C15H16N4O3S. The molecule has 0 radical (unpaired) electrons. The molecule has 2 aromatic rings. The number of carbonyl (C=O) groups is 2. The number of nitrogens with one attached hydrogen (secondary N) is 2. The van der Waals surface area contributed by atoms with Crippen LogP contribution in [-0.4, -0.2) is 35.0 Å². The summed E-state index contributed by atoms with van der Waals surface area (Å²) in [6.45, 7) is 1.95. The van der Waals surface area contributed by atoms with E-state index in [0.717, 1.165) is 16.8 Å². The Balaban J connectivity index is 1.91. The maximum atomic E-state index is 11.0. The van der Waals surface area contributed by atoms with E-state index < -0.39 is 6.09 Å². The Morgan fingerprint density at radius 2 is 2.09 bits per heavy atom. The summed E-state index contributed by atoms with van der Waals surface area (Å²) in [5, 5.41) is 15.6. The molecule has 3 N–H and O–H groups in total. The van der Waals surface area contributed by atoms with Gasteiger partial charge in [-0.3, -0.25) is 15.1 Å². The Labute approximate surface area is 137 Å². The number of hydrogen-bond acceptors (Lipinski definition) is 5. The molecule has 1 heterocycles. The fourth-order valence-corrected chi connectivity index (χ4v) is 2.58. The Morgan fingerprint density at radius 1 is 1.35 bits per heavy atom. The molecule has 1 aromatic carbocycles. The molecule has 0 unspecified atom stereocenters. The normalized spacial score (nSPS) is 10.7. The standard InChI is InChI=1S/C15H16N4O3S/c1-10(20)18-14-19-13(8-23-14)12-4-2-11(3-5-12)6-7-16-9-17-15(21)22/h2-5,8-9H,6-7H2,1H3,(H,16,17)(H,21,22)(H,18,19,20). The van der Waals surface area contributed by atoms with Crippen molar-refractivity contribution in [3.05, 3.63) is 35.2 Å². The minimum absolute atomic E-state index is 0.140. The smallest absolute Gasteiger partial charge is 0.409 e. The highest BCUT2D eigenvalue weighted by atomic mass is 32.1. The number of nitrogens with zero attached hydrogens (tertiary/aromatic N) is 2. The van der Waals surface area contributed by atoms with Gasteiger partial charge in [0.1, 0.15) is 0 Å². The number of thiazole rings is 1. The quantitative estimate of drug-likeness (QED) is 0.558. The van der Waals surface area contributed by atoms with Crippen molar-refractivity contribution in [2.75, 3.05) is 11.9 Å². The predicted octanol–water partition coefficient (Wildman–Crippen LogP) is 2.61. The fourth-order valence-electron chi connectivity index (χ4n) is 1.82.